The average Bonchev–Trinajstić information content (AvgIpc) is 3.07. The highest BCUT2D eigenvalue weighted by atomic mass is 16.5. The van der Waals surface area contributed by atoms with Gasteiger partial charge in [0, 0.05) is 50.0 Å². The van der Waals surface area contributed by atoms with E-state index in [1.54, 1.807) is 48.5 Å². The lowest BCUT2D eigenvalue weighted by molar-refractivity contribution is -0.138. The zero-order chi connectivity index (χ0) is 35.7. The third-order valence-electron chi connectivity index (χ3n) is 7.21. The fourth-order valence-corrected chi connectivity index (χ4v) is 4.55. The molecule has 13 heteroatoms. The third kappa shape index (κ3) is 20.3. The maximum absolute atomic E-state index is 12.1. The van der Waals surface area contributed by atoms with Crippen LogP contribution in [0.5, 0.6) is 11.5 Å². The fourth-order valence-electron chi connectivity index (χ4n) is 4.55. The molecule has 0 aliphatic heterocycles. The number of ether oxygens (including phenoxy) is 5. The summed E-state index contributed by atoms with van der Waals surface area (Å²) in [7, 11) is 0. The predicted octanol–water partition coefficient (Wildman–Crippen LogP) is 4.35. The van der Waals surface area contributed by atoms with Crippen molar-refractivity contribution < 1.29 is 63.3 Å². The van der Waals surface area contributed by atoms with Gasteiger partial charge in [0.1, 0.15) is 24.7 Å². The number of aliphatic hydroxyl groups is 2. The number of carbonyl (C=O) groups excluding carboxylic acids is 2. The predicted molar refractivity (Wildman–Crippen MR) is 178 cm³/mol. The molecule has 0 heterocycles. The molecule has 0 aromatic heterocycles. The minimum atomic E-state index is -0.919. The van der Waals surface area contributed by atoms with E-state index in [1.807, 2.05) is 0 Å². The molecule has 0 saturated heterocycles. The van der Waals surface area contributed by atoms with Gasteiger partial charge >= 0.3 is 11.9 Å². The van der Waals surface area contributed by atoms with Crippen LogP contribution >= 0.6 is 0 Å². The molecule has 0 fully saturated rings. The first kappa shape index (κ1) is 41.3. The summed E-state index contributed by atoms with van der Waals surface area (Å²) in [5.41, 5.74) is 1.02. The maximum atomic E-state index is 12.1. The number of hydrogen-bond donors (Lipinski definition) is 4. The van der Waals surface area contributed by atoms with Gasteiger partial charge in [-0.25, -0.2) is 0 Å². The molecule has 49 heavy (non-hydrogen) atoms. The molecule has 0 aliphatic carbocycles. The van der Waals surface area contributed by atoms with E-state index in [4.69, 9.17) is 33.9 Å². The number of rotatable bonds is 30. The topological polar surface area (TPSA) is 195 Å². The van der Waals surface area contributed by atoms with Gasteiger partial charge in [-0.3, -0.25) is 19.2 Å². The Hall–Kier alpha value is -3.88. The number of carbonyl (C=O) groups is 4. The molecule has 13 nitrogen and oxygen atoms in total. The Morgan fingerprint density at radius 2 is 0.878 bits per heavy atom. The van der Waals surface area contributed by atoms with Gasteiger partial charge in [-0.05, 0) is 87.1 Å². The number of carboxylic acid groups (broad SMARTS) is 2. The highest BCUT2D eigenvalue weighted by Gasteiger charge is 2.10. The number of benzene rings is 2. The summed E-state index contributed by atoms with van der Waals surface area (Å²) in [5.74, 6) is -0.892. The first-order valence-electron chi connectivity index (χ1n) is 16.7. The van der Waals surface area contributed by atoms with Crippen LogP contribution in [-0.4, -0.2) is 109 Å². The van der Waals surface area contributed by atoms with Gasteiger partial charge in [-0.15, -0.1) is 0 Å². The van der Waals surface area contributed by atoms with E-state index in [1.165, 1.54) is 0 Å². The number of hydrogen-bond acceptors (Lipinski definition) is 11. The molecular formula is C36H50O13. The van der Waals surface area contributed by atoms with Crippen LogP contribution < -0.4 is 9.47 Å². The second kappa shape index (κ2) is 25.1. The summed E-state index contributed by atoms with van der Waals surface area (Å²) in [4.78, 5) is 45.3. The Morgan fingerprint density at radius 3 is 1.24 bits per heavy atom. The van der Waals surface area contributed by atoms with Gasteiger partial charge in [0.25, 0.3) is 0 Å². The largest absolute Gasteiger partial charge is 0.491 e. The van der Waals surface area contributed by atoms with E-state index in [-0.39, 0.29) is 63.7 Å². The molecule has 0 spiro atoms. The van der Waals surface area contributed by atoms with Gasteiger partial charge in [0.2, 0.25) is 0 Å². The Balaban J connectivity index is 1.39. The van der Waals surface area contributed by atoms with Crippen molar-refractivity contribution >= 4 is 23.5 Å². The molecule has 272 valence electrons. The normalized spacial score (nSPS) is 12.3. The van der Waals surface area contributed by atoms with E-state index in [0.717, 1.165) is 0 Å². The first-order valence-corrected chi connectivity index (χ1v) is 16.7. The molecule has 0 aliphatic rings. The van der Waals surface area contributed by atoms with Crippen LogP contribution in [0.25, 0.3) is 0 Å². The van der Waals surface area contributed by atoms with E-state index < -0.39 is 24.1 Å². The second-order valence-electron chi connectivity index (χ2n) is 11.4. The van der Waals surface area contributed by atoms with Gasteiger partial charge in [0.05, 0.1) is 38.6 Å². The Morgan fingerprint density at radius 1 is 0.490 bits per heavy atom. The monoisotopic (exact) mass is 690 g/mol. The standard InChI is InChI=1S/C36H50O13/c37-29(25-46-21-23-48-31-15-11-27(12-16-31)33(39)7-1-9-35(41)42)5-3-19-45-20-4-6-30(38)26-47-22-24-49-32-17-13-28(14-18-32)34(40)8-2-10-36(43)44/h11-18,29-30,37-38H,1-10,19-26H2,(H,41,42)(H,43,44). The summed E-state index contributed by atoms with van der Waals surface area (Å²) in [6, 6.07) is 13.3. The van der Waals surface area contributed by atoms with E-state index in [9.17, 15) is 29.4 Å². The average molecular weight is 691 g/mol. The van der Waals surface area contributed by atoms with Crippen LogP contribution in [0.4, 0.5) is 0 Å². The van der Waals surface area contributed by atoms with Crippen LogP contribution in [0.3, 0.4) is 0 Å². The van der Waals surface area contributed by atoms with Crippen molar-refractivity contribution in [1.29, 1.82) is 0 Å². The SMILES string of the molecule is O=C(O)CCCC(=O)c1ccc(OCCOCC(O)CCCOCCCC(O)COCCOc2ccc(C(=O)CCCC(=O)O)cc2)cc1. The number of Topliss-reactive ketones (excluding diaryl/α,β-unsaturated/α-hetero) is 2. The lowest BCUT2D eigenvalue weighted by Gasteiger charge is -2.13. The zero-order valence-electron chi connectivity index (χ0n) is 28.0. The van der Waals surface area contributed by atoms with Crippen LogP contribution in [0.1, 0.15) is 84.9 Å². The number of carboxylic acids is 2. The highest BCUT2D eigenvalue weighted by Crippen LogP contribution is 2.16. The zero-order valence-corrected chi connectivity index (χ0v) is 28.0. The highest BCUT2D eigenvalue weighted by molar-refractivity contribution is 5.96. The third-order valence-corrected chi connectivity index (χ3v) is 7.21. The molecule has 0 radical (unpaired) electrons. The Kier molecular flexibility index (Phi) is 21.2. The van der Waals surface area contributed by atoms with Crippen LogP contribution in [0, 0.1) is 0 Å². The molecule has 2 unspecified atom stereocenters. The molecule has 4 N–H and O–H groups in total. The van der Waals surface area contributed by atoms with Gasteiger partial charge in [-0.1, -0.05) is 0 Å². The van der Waals surface area contributed by atoms with Crippen molar-refractivity contribution in [2.75, 3.05) is 52.9 Å². The van der Waals surface area contributed by atoms with Crippen LogP contribution in [0.15, 0.2) is 48.5 Å². The van der Waals surface area contributed by atoms with Crippen molar-refractivity contribution in [3.8, 4) is 11.5 Å². The minimum absolute atomic E-state index is 0.0343. The van der Waals surface area contributed by atoms with Crippen molar-refractivity contribution in [3.63, 3.8) is 0 Å². The van der Waals surface area contributed by atoms with E-state index in [0.29, 0.717) is 87.6 Å². The summed E-state index contributed by atoms with van der Waals surface area (Å²) >= 11 is 0. The Bertz CT molecular complexity index is 1140. The molecule has 0 bridgehead atoms. The van der Waals surface area contributed by atoms with Crippen LogP contribution in [-0.2, 0) is 23.8 Å². The molecule has 2 atom stereocenters. The Labute approximate surface area is 287 Å². The first-order chi connectivity index (χ1) is 23.6. The smallest absolute Gasteiger partial charge is 0.303 e. The van der Waals surface area contributed by atoms with E-state index in [2.05, 4.69) is 0 Å². The molecule has 0 amide bonds. The second-order valence-corrected chi connectivity index (χ2v) is 11.4. The maximum Gasteiger partial charge on any atom is 0.303 e. The molecular weight excluding hydrogens is 640 g/mol. The summed E-state index contributed by atoms with van der Waals surface area (Å²) in [6.07, 6.45) is 2.05. The number of ketones is 2. The van der Waals surface area contributed by atoms with Gasteiger partial charge < -0.3 is 44.1 Å². The lowest BCUT2D eigenvalue weighted by atomic mass is 10.1. The fraction of sp³-hybridized carbons (Fsp3) is 0.556. The molecule has 0 saturated carbocycles. The number of aliphatic carboxylic acids is 2. The molecule has 2 aromatic carbocycles. The molecule has 2 rings (SSSR count). The number of aliphatic hydroxyl groups excluding tert-OH is 2. The molecule has 2 aromatic rings. The minimum Gasteiger partial charge on any atom is -0.491 e. The van der Waals surface area contributed by atoms with Gasteiger partial charge in [-0.2, -0.15) is 0 Å². The quantitative estimate of drug-likeness (QED) is 0.0668. The summed E-state index contributed by atoms with van der Waals surface area (Å²) < 4.78 is 27.7. The van der Waals surface area contributed by atoms with Gasteiger partial charge in [0.15, 0.2) is 11.6 Å². The van der Waals surface area contributed by atoms with E-state index >= 15 is 0 Å². The summed E-state index contributed by atoms with van der Waals surface area (Å²) in [6.45, 7) is 2.48. The summed E-state index contributed by atoms with van der Waals surface area (Å²) in [5, 5.41) is 37.5. The van der Waals surface area contributed by atoms with Crippen molar-refractivity contribution in [2.24, 2.45) is 0 Å². The van der Waals surface area contributed by atoms with Crippen LogP contribution in [0.2, 0.25) is 0 Å². The van der Waals surface area contributed by atoms with Crippen molar-refractivity contribution in [1.82, 2.24) is 0 Å². The lowest BCUT2D eigenvalue weighted by Crippen LogP contribution is -2.19. The van der Waals surface area contributed by atoms with Crippen molar-refractivity contribution in [2.45, 2.75) is 76.4 Å². The van der Waals surface area contributed by atoms with Crippen molar-refractivity contribution in [3.05, 3.63) is 59.7 Å².